The lowest BCUT2D eigenvalue weighted by atomic mass is 10.0. The summed E-state index contributed by atoms with van der Waals surface area (Å²) in [4.78, 5) is 10.4. The smallest absolute Gasteiger partial charge is 0.183 e. The molecule has 33 heavy (non-hydrogen) atoms. The SMILES string of the molecule is C[C@@H]1O[C@@H](OCCCCCCCCCCCCCCCCC[C@@H](O)CC(=O)[O-])[C@H](O)C[C@H]1O. The fourth-order valence-corrected chi connectivity index (χ4v) is 4.37. The first kappa shape index (κ1) is 30.3. The van der Waals surface area contributed by atoms with Crippen LogP contribution in [0.5, 0.6) is 0 Å². The molecule has 7 nitrogen and oxygen atoms in total. The lowest BCUT2D eigenvalue weighted by Crippen LogP contribution is -2.47. The van der Waals surface area contributed by atoms with Crippen LogP contribution in [0.1, 0.15) is 122 Å². The quantitative estimate of drug-likeness (QED) is 0.218. The first-order valence-corrected chi connectivity index (χ1v) is 13.4. The van der Waals surface area contributed by atoms with E-state index in [9.17, 15) is 25.2 Å². The fourth-order valence-electron chi connectivity index (χ4n) is 4.37. The zero-order valence-corrected chi connectivity index (χ0v) is 20.8. The number of carboxylic acids is 1. The van der Waals surface area contributed by atoms with Crippen LogP contribution in [-0.2, 0) is 14.3 Å². The Morgan fingerprint density at radius 2 is 1.30 bits per heavy atom. The summed E-state index contributed by atoms with van der Waals surface area (Å²) < 4.78 is 11.1. The van der Waals surface area contributed by atoms with Crippen molar-refractivity contribution in [3.8, 4) is 0 Å². The molecule has 1 fully saturated rings. The number of carbonyl (C=O) groups excluding carboxylic acids is 1. The molecule has 0 bridgehead atoms. The highest BCUT2D eigenvalue weighted by Crippen LogP contribution is 2.21. The van der Waals surface area contributed by atoms with E-state index in [0.717, 1.165) is 25.7 Å². The van der Waals surface area contributed by atoms with E-state index in [1.165, 1.54) is 70.6 Å². The number of ether oxygens (including phenoxy) is 2. The first-order chi connectivity index (χ1) is 15.9. The largest absolute Gasteiger partial charge is 0.550 e. The van der Waals surface area contributed by atoms with Crippen molar-refractivity contribution < 1.29 is 34.7 Å². The Bertz CT molecular complexity index is 474. The minimum absolute atomic E-state index is 0.247. The summed E-state index contributed by atoms with van der Waals surface area (Å²) in [6, 6.07) is 0. The Morgan fingerprint density at radius 1 is 0.848 bits per heavy atom. The molecule has 0 aromatic carbocycles. The summed E-state index contributed by atoms with van der Waals surface area (Å²) in [7, 11) is 0. The van der Waals surface area contributed by atoms with Gasteiger partial charge in [-0.1, -0.05) is 89.9 Å². The maximum atomic E-state index is 10.4. The number of carboxylic acid groups (broad SMARTS) is 1. The van der Waals surface area contributed by atoms with Crippen molar-refractivity contribution in [2.45, 2.75) is 153 Å². The maximum Gasteiger partial charge on any atom is 0.183 e. The van der Waals surface area contributed by atoms with Gasteiger partial charge in [0.25, 0.3) is 0 Å². The van der Waals surface area contributed by atoms with Crippen molar-refractivity contribution in [1.82, 2.24) is 0 Å². The highest BCUT2D eigenvalue weighted by atomic mass is 16.7. The number of aliphatic hydroxyl groups excluding tert-OH is 3. The molecule has 0 radical (unpaired) electrons. The van der Waals surface area contributed by atoms with Gasteiger partial charge in [-0.2, -0.15) is 0 Å². The van der Waals surface area contributed by atoms with Gasteiger partial charge in [0, 0.05) is 25.4 Å². The molecule has 3 N–H and O–H groups in total. The summed E-state index contributed by atoms with van der Waals surface area (Å²) in [6.45, 7) is 2.39. The molecule has 0 aromatic heterocycles. The summed E-state index contributed by atoms with van der Waals surface area (Å²) in [6.07, 6.45) is 15.7. The second kappa shape index (κ2) is 19.6. The molecular formula is C26H49O7-. The molecule has 0 aromatic rings. The van der Waals surface area contributed by atoms with E-state index >= 15 is 0 Å². The third-order valence-electron chi connectivity index (χ3n) is 6.55. The molecule has 0 amide bonds. The van der Waals surface area contributed by atoms with Crippen LogP contribution in [0.3, 0.4) is 0 Å². The number of carbonyl (C=O) groups is 1. The van der Waals surface area contributed by atoms with Crippen LogP contribution >= 0.6 is 0 Å². The molecule has 1 saturated heterocycles. The minimum atomic E-state index is -1.17. The van der Waals surface area contributed by atoms with Crippen molar-refractivity contribution in [2.75, 3.05) is 6.61 Å². The van der Waals surface area contributed by atoms with Crippen LogP contribution < -0.4 is 5.11 Å². The molecule has 1 rings (SSSR count). The highest BCUT2D eigenvalue weighted by Gasteiger charge is 2.34. The Labute approximate surface area is 200 Å². The fraction of sp³-hybridized carbons (Fsp3) is 0.962. The van der Waals surface area contributed by atoms with Crippen LogP contribution in [0.4, 0.5) is 0 Å². The van der Waals surface area contributed by atoms with E-state index in [0.29, 0.717) is 19.4 Å². The minimum Gasteiger partial charge on any atom is -0.550 e. The van der Waals surface area contributed by atoms with Crippen LogP contribution in [0.25, 0.3) is 0 Å². The van der Waals surface area contributed by atoms with Gasteiger partial charge >= 0.3 is 0 Å². The summed E-state index contributed by atoms with van der Waals surface area (Å²) in [5, 5.41) is 39.4. The second-order valence-corrected chi connectivity index (χ2v) is 9.77. The van der Waals surface area contributed by atoms with Gasteiger partial charge in [0.2, 0.25) is 0 Å². The summed E-state index contributed by atoms with van der Waals surface area (Å²) >= 11 is 0. The number of hydrogen-bond donors (Lipinski definition) is 3. The van der Waals surface area contributed by atoms with E-state index in [4.69, 9.17) is 9.47 Å². The average molecular weight is 474 g/mol. The molecule has 1 heterocycles. The molecule has 0 unspecified atom stereocenters. The van der Waals surface area contributed by atoms with Gasteiger partial charge in [-0.05, 0) is 19.8 Å². The highest BCUT2D eigenvalue weighted by molar-refractivity contribution is 5.64. The van der Waals surface area contributed by atoms with Gasteiger partial charge in [-0.25, -0.2) is 0 Å². The lowest BCUT2D eigenvalue weighted by Gasteiger charge is -2.35. The second-order valence-electron chi connectivity index (χ2n) is 9.77. The van der Waals surface area contributed by atoms with Crippen molar-refractivity contribution >= 4 is 5.97 Å². The predicted molar refractivity (Wildman–Crippen MR) is 126 cm³/mol. The van der Waals surface area contributed by atoms with Gasteiger partial charge < -0.3 is 34.7 Å². The monoisotopic (exact) mass is 473 g/mol. The van der Waals surface area contributed by atoms with Crippen molar-refractivity contribution in [2.24, 2.45) is 0 Å². The van der Waals surface area contributed by atoms with Crippen molar-refractivity contribution in [3.05, 3.63) is 0 Å². The predicted octanol–water partition coefficient (Wildman–Crippen LogP) is 3.60. The van der Waals surface area contributed by atoms with Crippen molar-refractivity contribution in [3.63, 3.8) is 0 Å². The zero-order valence-electron chi connectivity index (χ0n) is 20.8. The van der Waals surface area contributed by atoms with E-state index in [1.807, 2.05) is 0 Å². The molecular weight excluding hydrogens is 424 g/mol. The molecule has 1 aliphatic rings. The number of aliphatic carboxylic acids is 1. The van der Waals surface area contributed by atoms with E-state index in [-0.39, 0.29) is 12.5 Å². The Hall–Kier alpha value is -0.730. The third-order valence-corrected chi connectivity index (χ3v) is 6.55. The number of aliphatic hydroxyl groups is 3. The third kappa shape index (κ3) is 16.5. The van der Waals surface area contributed by atoms with Gasteiger partial charge in [0.15, 0.2) is 6.29 Å². The number of unbranched alkanes of at least 4 members (excludes halogenated alkanes) is 14. The number of hydrogen-bond acceptors (Lipinski definition) is 7. The normalized spacial score (nSPS) is 24.1. The van der Waals surface area contributed by atoms with Gasteiger partial charge in [0.1, 0.15) is 6.10 Å². The molecule has 196 valence electrons. The summed E-state index contributed by atoms with van der Waals surface area (Å²) in [5.41, 5.74) is 0. The Morgan fingerprint density at radius 3 is 1.79 bits per heavy atom. The van der Waals surface area contributed by atoms with Crippen LogP contribution in [0.15, 0.2) is 0 Å². The summed E-state index contributed by atoms with van der Waals surface area (Å²) in [5.74, 6) is -1.17. The van der Waals surface area contributed by atoms with Crippen LogP contribution in [0.2, 0.25) is 0 Å². The standard InChI is InChI=1S/C26H50O7/c1-21-23(28)20-24(29)26(33-21)32-18-16-14-12-10-8-6-4-2-3-5-7-9-11-13-15-17-22(27)19-25(30)31/h21-24,26-29H,2-20H2,1H3,(H,30,31)/p-1/t21-,22+,23+,24+,26+/m0/s1. The average Bonchev–Trinajstić information content (AvgIpc) is 2.75. The molecule has 0 saturated carbocycles. The van der Waals surface area contributed by atoms with Crippen LogP contribution in [0, 0.1) is 0 Å². The van der Waals surface area contributed by atoms with Crippen LogP contribution in [-0.4, -0.2) is 58.6 Å². The van der Waals surface area contributed by atoms with Crippen molar-refractivity contribution in [1.29, 1.82) is 0 Å². The first-order valence-electron chi connectivity index (χ1n) is 13.4. The maximum absolute atomic E-state index is 10.4. The zero-order chi connectivity index (χ0) is 24.3. The van der Waals surface area contributed by atoms with E-state index in [1.54, 1.807) is 6.92 Å². The molecule has 0 aliphatic carbocycles. The number of rotatable bonds is 21. The van der Waals surface area contributed by atoms with Gasteiger partial charge in [-0.15, -0.1) is 0 Å². The topological polar surface area (TPSA) is 119 Å². The Balaban J connectivity index is 1.75. The molecule has 0 spiro atoms. The van der Waals surface area contributed by atoms with E-state index in [2.05, 4.69) is 0 Å². The van der Waals surface area contributed by atoms with Gasteiger partial charge in [0.05, 0.1) is 18.3 Å². The van der Waals surface area contributed by atoms with Gasteiger partial charge in [-0.3, -0.25) is 0 Å². The molecule has 1 aliphatic heterocycles. The van der Waals surface area contributed by atoms with E-state index < -0.39 is 30.6 Å². The lowest BCUT2D eigenvalue weighted by molar-refractivity contribution is -0.307. The molecule has 7 heteroatoms. The molecule has 5 atom stereocenters. The Kier molecular flexibility index (Phi) is 18.0.